The third-order valence-electron chi connectivity index (χ3n) is 4.66. The molecule has 4 heteroatoms. The number of nitrogens with zero attached hydrogens (tertiary/aromatic N) is 2. The van der Waals surface area contributed by atoms with Gasteiger partial charge in [-0.15, -0.1) is 0 Å². The predicted octanol–water partition coefficient (Wildman–Crippen LogP) is 4.96. The molecule has 1 unspecified atom stereocenters. The Bertz CT molecular complexity index is 835. The number of methoxy groups -OCH3 is 1. The fourth-order valence-electron chi connectivity index (χ4n) is 3.14. The monoisotopic (exact) mass is 350 g/mol. The molecule has 0 fully saturated rings. The normalized spacial score (nSPS) is 12.2. The Kier molecular flexibility index (Phi) is 5.74. The minimum absolute atomic E-state index is 0.128. The average Bonchev–Trinajstić information content (AvgIpc) is 2.98. The second-order valence-electron chi connectivity index (χ2n) is 6.39. The number of aryl methyl sites for hydroxylation is 1. The highest BCUT2D eigenvalue weighted by molar-refractivity contribution is 5.69. The second-order valence-corrected chi connectivity index (χ2v) is 6.39. The van der Waals surface area contributed by atoms with Gasteiger partial charge in [-0.2, -0.15) is 5.10 Å². The summed E-state index contributed by atoms with van der Waals surface area (Å²) in [4.78, 5) is 0. The zero-order chi connectivity index (χ0) is 18.5. The van der Waals surface area contributed by atoms with Crippen molar-refractivity contribution >= 4 is 0 Å². The molecular formula is C22H26N2O2. The first-order chi connectivity index (χ1) is 12.6. The molecule has 4 nitrogen and oxygen atoms in total. The molecule has 0 saturated carbocycles. The van der Waals surface area contributed by atoms with Crippen LogP contribution < -0.4 is 4.74 Å². The topological polar surface area (TPSA) is 36.3 Å². The van der Waals surface area contributed by atoms with E-state index in [4.69, 9.17) is 14.6 Å². The predicted molar refractivity (Wildman–Crippen MR) is 105 cm³/mol. The Hall–Kier alpha value is -2.59. The molecule has 0 aliphatic carbocycles. The van der Waals surface area contributed by atoms with Crippen molar-refractivity contribution in [1.82, 2.24) is 9.78 Å². The van der Waals surface area contributed by atoms with Gasteiger partial charge in [0.2, 0.25) is 0 Å². The largest absolute Gasteiger partial charge is 0.491 e. The zero-order valence-electron chi connectivity index (χ0n) is 15.9. The Morgan fingerprint density at radius 2 is 1.69 bits per heavy atom. The molecule has 0 N–H and O–H groups in total. The van der Waals surface area contributed by atoms with Crippen molar-refractivity contribution < 1.29 is 9.47 Å². The van der Waals surface area contributed by atoms with E-state index in [1.165, 1.54) is 5.56 Å². The van der Waals surface area contributed by atoms with Crippen LogP contribution >= 0.6 is 0 Å². The summed E-state index contributed by atoms with van der Waals surface area (Å²) < 4.78 is 13.2. The molecule has 136 valence electrons. The molecule has 3 aromatic rings. The highest BCUT2D eigenvalue weighted by Gasteiger charge is 2.14. The molecule has 0 spiro atoms. The molecule has 0 saturated heterocycles. The Balaban J connectivity index is 1.83. The van der Waals surface area contributed by atoms with Crippen molar-refractivity contribution in [1.29, 1.82) is 0 Å². The molecule has 0 amide bonds. The first-order valence-electron chi connectivity index (χ1n) is 9.01. The number of para-hydroxylation sites is 1. The third kappa shape index (κ3) is 3.81. The third-order valence-corrected chi connectivity index (χ3v) is 4.66. The Labute approximate surface area is 155 Å². The molecule has 0 bridgehead atoms. The van der Waals surface area contributed by atoms with Gasteiger partial charge in [-0.25, -0.2) is 4.68 Å². The average molecular weight is 350 g/mol. The lowest BCUT2D eigenvalue weighted by atomic mass is 10.0. The van der Waals surface area contributed by atoms with E-state index < -0.39 is 0 Å². The SMILES string of the molecule is CCC(COc1ccc(-c2c(C)nn(-c3ccccc3)c2C)cc1)OC. The van der Waals surface area contributed by atoms with E-state index in [0.717, 1.165) is 34.8 Å². The van der Waals surface area contributed by atoms with Crippen LogP contribution in [0.4, 0.5) is 0 Å². The van der Waals surface area contributed by atoms with Gasteiger partial charge in [0.1, 0.15) is 12.4 Å². The van der Waals surface area contributed by atoms with Crippen LogP contribution in [-0.4, -0.2) is 29.6 Å². The number of hydrogen-bond acceptors (Lipinski definition) is 3. The van der Waals surface area contributed by atoms with Gasteiger partial charge < -0.3 is 9.47 Å². The molecule has 2 aromatic carbocycles. The maximum absolute atomic E-state index is 5.83. The highest BCUT2D eigenvalue weighted by atomic mass is 16.5. The van der Waals surface area contributed by atoms with Crippen LogP contribution in [0.3, 0.4) is 0 Å². The van der Waals surface area contributed by atoms with Gasteiger partial charge in [-0.05, 0) is 50.1 Å². The second kappa shape index (κ2) is 8.19. The van der Waals surface area contributed by atoms with Gasteiger partial charge >= 0.3 is 0 Å². The molecule has 3 rings (SSSR count). The van der Waals surface area contributed by atoms with Crippen LogP contribution in [0.2, 0.25) is 0 Å². The molecule has 1 aromatic heterocycles. The number of ether oxygens (including phenoxy) is 2. The summed E-state index contributed by atoms with van der Waals surface area (Å²) in [6.07, 6.45) is 1.06. The smallest absolute Gasteiger partial charge is 0.119 e. The summed E-state index contributed by atoms with van der Waals surface area (Å²) >= 11 is 0. The fraction of sp³-hybridized carbons (Fsp3) is 0.318. The number of benzene rings is 2. The van der Waals surface area contributed by atoms with E-state index in [-0.39, 0.29) is 6.10 Å². The van der Waals surface area contributed by atoms with Crippen LogP contribution in [0.25, 0.3) is 16.8 Å². The van der Waals surface area contributed by atoms with Crippen molar-refractivity contribution in [2.24, 2.45) is 0 Å². The van der Waals surface area contributed by atoms with E-state index in [0.29, 0.717) is 6.61 Å². The van der Waals surface area contributed by atoms with E-state index in [1.54, 1.807) is 7.11 Å². The van der Waals surface area contributed by atoms with Crippen molar-refractivity contribution in [3.63, 3.8) is 0 Å². The summed E-state index contributed by atoms with van der Waals surface area (Å²) in [5.41, 5.74) is 5.54. The lowest BCUT2D eigenvalue weighted by molar-refractivity contribution is 0.0556. The summed E-state index contributed by atoms with van der Waals surface area (Å²) in [6, 6.07) is 18.4. The Morgan fingerprint density at radius 1 is 1.00 bits per heavy atom. The van der Waals surface area contributed by atoms with Crippen LogP contribution in [-0.2, 0) is 4.74 Å². The molecule has 26 heavy (non-hydrogen) atoms. The van der Waals surface area contributed by atoms with Crippen molar-refractivity contribution in [2.45, 2.75) is 33.3 Å². The minimum atomic E-state index is 0.128. The maximum Gasteiger partial charge on any atom is 0.119 e. The summed E-state index contributed by atoms with van der Waals surface area (Å²) in [7, 11) is 1.72. The highest BCUT2D eigenvalue weighted by Crippen LogP contribution is 2.30. The van der Waals surface area contributed by atoms with Gasteiger partial charge in [0.15, 0.2) is 0 Å². The molecule has 1 heterocycles. The summed E-state index contributed by atoms with van der Waals surface area (Å²) in [6.45, 7) is 6.82. The lowest BCUT2D eigenvalue weighted by Crippen LogP contribution is -2.18. The van der Waals surface area contributed by atoms with E-state index in [1.807, 2.05) is 35.0 Å². The van der Waals surface area contributed by atoms with Crippen LogP contribution in [0, 0.1) is 13.8 Å². The maximum atomic E-state index is 5.83. The summed E-state index contributed by atoms with van der Waals surface area (Å²) in [5.74, 6) is 0.856. The van der Waals surface area contributed by atoms with E-state index in [2.05, 4.69) is 45.0 Å². The van der Waals surface area contributed by atoms with Gasteiger partial charge in [-0.1, -0.05) is 37.3 Å². The van der Waals surface area contributed by atoms with Crippen LogP contribution in [0.15, 0.2) is 54.6 Å². The standard InChI is InChI=1S/C22H26N2O2/c1-5-20(25-4)15-26-21-13-11-18(12-14-21)22-16(2)23-24(17(22)3)19-9-7-6-8-10-19/h6-14,20H,5,15H2,1-4H3. The molecular weight excluding hydrogens is 324 g/mol. The molecule has 0 aliphatic rings. The van der Waals surface area contributed by atoms with Crippen molar-refractivity contribution in [2.75, 3.05) is 13.7 Å². The van der Waals surface area contributed by atoms with Crippen LogP contribution in [0.5, 0.6) is 5.75 Å². The number of rotatable bonds is 7. The van der Waals surface area contributed by atoms with Crippen molar-refractivity contribution in [3.05, 3.63) is 66.0 Å². The van der Waals surface area contributed by atoms with Gasteiger partial charge in [0.05, 0.1) is 17.5 Å². The zero-order valence-corrected chi connectivity index (χ0v) is 15.9. The van der Waals surface area contributed by atoms with E-state index >= 15 is 0 Å². The summed E-state index contributed by atoms with van der Waals surface area (Å²) in [5, 5.41) is 4.73. The molecule has 0 radical (unpaired) electrons. The van der Waals surface area contributed by atoms with Gasteiger partial charge in [0.25, 0.3) is 0 Å². The number of hydrogen-bond donors (Lipinski definition) is 0. The fourth-order valence-corrected chi connectivity index (χ4v) is 3.14. The first-order valence-corrected chi connectivity index (χ1v) is 9.01. The molecule has 1 atom stereocenters. The van der Waals surface area contributed by atoms with E-state index in [9.17, 15) is 0 Å². The van der Waals surface area contributed by atoms with Crippen molar-refractivity contribution in [3.8, 4) is 22.6 Å². The molecule has 0 aliphatic heterocycles. The quantitative estimate of drug-likeness (QED) is 0.604. The minimum Gasteiger partial charge on any atom is -0.491 e. The first kappa shape index (κ1) is 18.2. The number of aromatic nitrogens is 2. The lowest BCUT2D eigenvalue weighted by Gasteiger charge is -2.14. The van der Waals surface area contributed by atoms with Crippen LogP contribution in [0.1, 0.15) is 24.7 Å². The van der Waals surface area contributed by atoms with Gasteiger partial charge in [0, 0.05) is 18.4 Å². The Morgan fingerprint density at radius 3 is 2.31 bits per heavy atom. The van der Waals surface area contributed by atoms with Gasteiger partial charge in [-0.3, -0.25) is 0 Å².